The maximum absolute atomic E-state index is 6.37. The fourth-order valence-electron chi connectivity index (χ4n) is 6.55. The number of hydrogen-bond acceptors (Lipinski definition) is 3. The molecule has 2 heterocycles. The molecule has 0 radical (unpaired) electrons. The molecule has 0 aliphatic rings. The minimum Gasteiger partial charge on any atom is -0.456 e. The Labute approximate surface area is 252 Å². The highest BCUT2D eigenvalue weighted by molar-refractivity contribution is 7.25. The lowest BCUT2D eigenvalue weighted by molar-refractivity contribution is 0.669. The van der Waals surface area contributed by atoms with Crippen LogP contribution in [0.4, 0.5) is 17.1 Å². The fourth-order valence-corrected chi connectivity index (χ4v) is 7.64. The largest absolute Gasteiger partial charge is 0.456 e. The summed E-state index contributed by atoms with van der Waals surface area (Å²) in [5.74, 6) is 0. The van der Waals surface area contributed by atoms with Gasteiger partial charge in [-0.25, -0.2) is 0 Å². The van der Waals surface area contributed by atoms with E-state index in [-0.39, 0.29) is 0 Å². The second-order valence-corrected chi connectivity index (χ2v) is 12.0. The van der Waals surface area contributed by atoms with Crippen molar-refractivity contribution in [3.05, 3.63) is 152 Å². The smallest absolute Gasteiger partial charge is 0.137 e. The number of benzene rings is 7. The van der Waals surface area contributed by atoms with Gasteiger partial charge in [0.2, 0.25) is 0 Å². The summed E-state index contributed by atoms with van der Waals surface area (Å²) >= 11 is 1.85. The normalized spacial score (nSPS) is 11.7. The number of anilines is 3. The number of furan rings is 1. The van der Waals surface area contributed by atoms with Gasteiger partial charge >= 0.3 is 0 Å². The van der Waals surface area contributed by atoms with Crippen molar-refractivity contribution in [3.63, 3.8) is 0 Å². The summed E-state index contributed by atoms with van der Waals surface area (Å²) < 4.78 is 8.97. The molecule has 0 aliphatic carbocycles. The van der Waals surface area contributed by atoms with Gasteiger partial charge in [0.1, 0.15) is 11.2 Å². The van der Waals surface area contributed by atoms with Crippen molar-refractivity contribution in [1.82, 2.24) is 0 Å². The van der Waals surface area contributed by atoms with Gasteiger partial charge in [0.05, 0.1) is 16.8 Å². The standard InChI is InChI=1S/C40H25NOS/c1-2-11-26(12-3-1)28-22-23-34(30-14-5-4-13-29(28)30)41(27-21-24-39-33(25-27)31-15-7-9-20-38(31)43-39)35-17-10-19-37-40(35)32-16-6-8-18-36(32)42-37/h1-25H. The summed E-state index contributed by atoms with van der Waals surface area (Å²) in [6, 6.07) is 54.3. The summed E-state index contributed by atoms with van der Waals surface area (Å²) in [4.78, 5) is 2.42. The topological polar surface area (TPSA) is 16.4 Å². The third kappa shape index (κ3) is 3.79. The highest BCUT2D eigenvalue weighted by Gasteiger charge is 2.22. The van der Waals surface area contributed by atoms with Gasteiger partial charge in [-0.1, -0.05) is 103 Å². The van der Waals surface area contributed by atoms with E-state index < -0.39 is 0 Å². The second-order valence-electron chi connectivity index (χ2n) is 10.9. The van der Waals surface area contributed by atoms with Crippen molar-refractivity contribution in [2.75, 3.05) is 4.90 Å². The Kier molecular flexibility index (Phi) is 5.40. The van der Waals surface area contributed by atoms with E-state index in [9.17, 15) is 0 Å². The van der Waals surface area contributed by atoms with E-state index in [4.69, 9.17) is 4.42 Å². The summed E-state index contributed by atoms with van der Waals surface area (Å²) in [7, 11) is 0. The Bertz CT molecular complexity index is 2470. The van der Waals surface area contributed by atoms with Crippen molar-refractivity contribution in [1.29, 1.82) is 0 Å². The second kappa shape index (κ2) is 9.59. The van der Waals surface area contributed by atoms with Crippen LogP contribution in [0.3, 0.4) is 0 Å². The van der Waals surface area contributed by atoms with E-state index in [1.807, 2.05) is 17.4 Å². The van der Waals surface area contributed by atoms with E-state index in [0.717, 1.165) is 39.0 Å². The molecular weight excluding hydrogens is 543 g/mol. The summed E-state index contributed by atoms with van der Waals surface area (Å²) in [5, 5.41) is 7.22. The molecule has 0 fully saturated rings. The van der Waals surface area contributed by atoms with Gasteiger partial charge in [-0.2, -0.15) is 0 Å². The number of nitrogens with zero attached hydrogens (tertiary/aromatic N) is 1. The van der Waals surface area contributed by atoms with Crippen LogP contribution in [0.1, 0.15) is 0 Å². The van der Waals surface area contributed by atoms with Gasteiger partial charge in [0.15, 0.2) is 0 Å². The fraction of sp³-hybridized carbons (Fsp3) is 0. The summed E-state index contributed by atoms with van der Waals surface area (Å²) in [6.45, 7) is 0. The van der Waals surface area contributed by atoms with Crippen LogP contribution in [-0.2, 0) is 0 Å². The van der Waals surface area contributed by atoms with Crippen molar-refractivity contribution in [3.8, 4) is 11.1 Å². The predicted octanol–water partition coefficient (Wildman–Crippen LogP) is 12.2. The maximum atomic E-state index is 6.37. The molecule has 202 valence electrons. The van der Waals surface area contributed by atoms with Crippen molar-refractivity contribution in [2.45, 2.75) is 0 Å². The zero-order valence-corrected chi connectivity index (χ0v) is 24.0. The third-order valence-corrected chi connectivity index (χ3v) is 9.62. The van der Waals surface area contributed by atoms with Gasteiger partial charge in [0, 0.05) is 36.6 Å². The third-order valence-electron chi connectivity index (χ3n) is 8.47. The van der Waals surface area contributed by atoms with Crippen LogP contribution in [-0.4, -0.2) is 0 Å². The van der Waals surface area contributed by atoms with Crippen LogP contribution in [0.2, 0.25) is 0 Å². The maximum Gasteiger partial charge on any atom is 0.137 e. The molecule has 0 bridgehead atoms. The zero-order chi connectivity index (χ0) is 28.3. The molecule has 2 nitrogen and oxygen atoms in total. The first-order valence-corrected chi connectivity index (χ1v) is 15.3. The summed E-state index contributed by atoms with van der Waals surface area (Å²) in [5.41, 5.74) is 7.57. The molecule has 9 rings (SSSR count). The van der Waals surface area contributed by atoms with E-state index >= 15 is 0 Å². The van der Waals surface area contributed by atoms with Gasteiger partial charge < -0.3 is 9.32 Å². The monoisotopic (exact) mass is 567 g/mol. The molecule has 7 aromatic carbocycles. The molecule has 0 saturated heterocycles. The predicted molar refractivity (Wildman–Crippen MR) is 184 cm³/mol. The number of rotatable bonds is 4. The first kappa shape index (κ1) is 24.2. The Morgan fingerprint density at radius 3 is 2.02 bits per heavy atom. The van der Waals surface area contributed by atoms with Crippen LogP contribution in [0, 0.1) is 0 Å². The average Bonchev–Trinajstić information content (AvgIpc) is 3.64. The number of thiophene rings is 1. The lowest BCUT2D eigenvalue weighted by Crippen LogP contribution is -2.11. The van der Waals surface area contributed by atoms with Crippen molar-refractivity contribution in [2.24, 2.45) is 0 Å². The van der Waals surface area contributed by atoms with Crippen LogP contribution in [0.5, 0.6) is 0 Å². The van der Waals surface area contributed by atoms with Gasteiger partial charge in [0.25, 0.3) is 0 Å². The molecule has 43 heavy (non-hydrogen) atoms. The molecular formula is C40H25NOS. The van der Waals surface area contributed by atoms with Crippen LogP contribution < -0.4 is 4.90 Å². The number of fused-ring (bicyclic) bond motifs is 7. The summed E-state index contributed by atoms with van der Waals surface area (Å²) in [6.07, 6.45) is 0. The Balaban J connectivity index is 1.38. The Hall–Kier alpha value is -5.38. The van der Waals surface area contributed by atoms with E-state index in [2.05, 4.69) is 150 Å². The van der Waals surface area contributed by atoms with Gasteiger partial charge in [-0.3, -0.25) is 0 Å². The van der Waals surface area contributed by atoms with Gasteiger partial charge in [-0.15, -0.1) is 11.3 Å². The molecule has 0 N–H and O–H groups in total. The van der Waals surface area contributed by atoms with E-state index in [0.29, 0.717) is 0 Å². The van der Waals surface area contributed by atoms with Gasteiger partial charge in [-0.05, 0) is 65.0 Å². The quantitative estimate of drug-likeness (QED) is 0.210. The first-order valence-electron chi connectivity index (χ1n) is 14.5. The lowest BCUT2D eigenvalue weighted by atomic mass is 9.96. The molecule has 0 atom stereocenters. The minimum atomic E-state index is 0.885. The van der Waals surface area contributed by atoms with Crippen LogP contribution in [0.15, 0.2) is 156 Å². The molecule has 0 aliphatic heterocycles. The highest BCUT2D eigenvalue weighted by atomic mass is 32.1. The zero-order valence-electron chi connectivity index (χ0n) is 23.2. The molecule has 0 amide bonds. The molecule has 3 heteroatoms. The average molecular weight is 568 g/mol. The Morgan fingerprint density at radius 2 is 1.14 bits per heavy atom. The van der Waals surface area contributed by atoms with Crippen LogP contribution >= 0.6 is 11.3 Å². The van der Waals surface area contributed by atoms with E-state index in [1.165, 1.54) is 42.1 Å². The Morgan fingerprint density at radius 1 is 0.442 bits per heavy atom. The SMILES string of the molecule is c1ccc(-c2ccc(N(c3ccc4sc5ccccc5c4c3)c3cccc4oc5ccccc5c34)c3ccccc23)cc1. The lowest BCUT2D eigenvalue weighted by Gasteiger charge is -2.28. The molecule has 0 unspecified atom stereocenters. The molecule has 2 aromatic heterocycles. The van der Waals surface area contributed by atoms with Crippen molar-refractivity contribution >= 4 is 81.3 Å². The number of para-hydroxylation sites is 1. The molecule has 0 spiro atoms. The highest BCUT2D eigenvalue weighted by Crippen LogP contribution is 2.47. The number of hydrogen-bond donors (Lipinski definition) is 0. The first-order chi connectivity index (χ1) is 21.3. The minimum absolute atomic E-state index is 0.885. The van der Waals surface area contributed by atoms with Crippen molar-refractivity contribution < 1.29 is 4.42 Å². The van der Waals surface area contributed by atoms with Crippen LogP contribution in [0.25, 0.3) is 64.0 Å². The van der Waals surface area contributed by atoms with E-state index in [1.54, 1.807) is 0 Å². The molecule has 9 aromatic rings. The molecule has 0 saturated carbocycles.